The zero-order valence-corrected chi connectivity index (χ0v) is 18.5. The van der Waals surface area contributed by atoms with E-state index in [0.29, 0.717) is 31.6 Å². The zero-order chi connectivity index (χ0) is 23.7. The van der Waals surface area contributed by atoms with Gasteiger partial charge >= 0.3 is 11.7 Å². The fourth-order valence-electron chi connectivity index (χ4n) is 4.32. The van der Waals surface area contributed by atoms with Crippen LogP contribution in [-0.2, 0) is 12.8 Å². The number of hydrogen-bond donors (Lipinski definition) is 5. The highest BCUT2D eigenvalue weighted by atomic mass is 16.3. The van der Waals surface area contributed by atoms with Crippen LogP contribution in [0.1, 0.15) is 22.5 Å². The van der Waals surface area contributed by atoms with Gasteiger partial charge in [-0.1, -0.05) is 30.3 Å². The molecule has 172 valence electrons. The second-order valence-electron chi connectivity index (χ2n) is 8.36. The number of anilines is 1. The standard InChI is InChI=1S/C25H25N7O2/c26-25(27)28-11-3-6-20-23-31-21(12-15-7-9-16(33)10-8-15)24(34)32(23)14-22(30-20)18-13-29-19-5-2-1-4-17(18)19/h1-2,4-5,7-10,13-14,21,29H,3,6,11-12H2,(H5,26,27,28,33)/p+1. The number of guanidine groups is 1. The van der Waals surface area contributed by atoms with E-state index in [1.165, 1.54) is 0 Å². The molecule has 0 saturated heterocycles. The Balaban J connectivity index is 1.51. The Hall–Kier alpha value is -4.40. The van der Waals surface area contributed by atoms with Gasteiger partial charge in [0.25, 0.3) is 0 Å². The van der Waals surface area contributed by atoms with Crippen LogP contribution in [0.4, 0.5) is 5.82 Å². The fraction of sp³-hybridized carbons (Fsp3) is 0.200. The van der Waals surface area contributed by atoms with E-state index in [1.54, 1.807) is 22.9 Å². The molecule has 5 rings (SSSR count). The summed E-state index contributed by atoms with van der Waals surface area (Å²) < 4.78 is 1.67. The van der Waals surface area contributed by atoms with Gasteiger partial charge in [-0.3, -0.25) is 10.3 Å². The van der Waals surface area contributed by atoms with E-state index in [0.717, 1.165) is 33.4 Å². The van der Waals surface area contributed by atoms with Crippen LogP contribution >= 0.6 is 0 Å². The predicted octanol–water partition coefficient (Wildman–Crippen LogP) is 2.11. The van der Waals surface area contributed by atoms with E-state index >= 15 is 0 Å². The van der Waals surface area contributed by atoms with Crippen molar-refractivity contribution in [2.75, 3.05) is 11.9 Å². The summed E-state index contributed by atoms with van der Waals surface area (Å²) in [6.45, 7) is 0.478. The zero-order valence-electron chi connectivity index (χ0n) is 18.5. The number of para-hydroxylation sites is 1. The maximum atomic E-state index is 13.4. The lowest BCUT2D eigenvalue weighted by Gasteiger charge is -2.06. The van der Waals surface area contributed by atoms with Crippen LogP contribution in [0.2, 0.25) is 0 Å². The average Bonchev–Trinajstić information content (AvgIpc) is 3.39. The molecule has 1 aliphatic heterocycles. The number of aromatic hydroxyl groups is 1. The van der Waals surface area contributed by atoms with Gasteiger partial charge in [-0.2, -0.15) is 4.57 Å². The highest BCUT2D eigenvalue weighted by Gasteiger charge is 2.41. The number of carbonyl (C=O) groups excluding carboxylic acids is 1. The first-order valence-corrected chi connectivity index (χ1v) is 11.2. The lowest BCUT2D eigenvalue weighted by Crippen LogP contribution is -2.44. The Labute approximate surface area is 196 Å². The second kappa shape index (κ2) is 8.86. The first kappa shape index (κ1) is 21.4. The highest BCUT2D eigenvalue weighted by Crippen LogP contribution is 2.29. The van der Waals surface area contributed by atoms with Gasteiger partial charge in [0.2, 0.25) is 0 Å². The molecular weight excluding hydrogens is 430 g/mol. The van der Waals surface area contributed by atoms with Crippen molar-refractivity contribution >= 4 is 28.6 Å². The molecule has 3 heterocycles. The third-order valence-electron chi connectivity index (χ3n) is 5.97. The number of aryl methyl sites for hydroxylation is 1. The molecule has 0 bridgehead atoms. The summed E-state index contributed by atoms with van der Waals surface area (Å²) >= 11 is 0. The molecule has 0 fully saturated rings. The quantitative estimate of drug-likeness (QED) is 0.125. The number of fused-ring (bicyclic) bond motifs is 2. The Morgan fingerprint density at radius 2 is 1.94 bits per heavy atom. The van der Waals surface area contributed by atoms with Crippen molar-refractivity contribution in [2.24, 2.45) is 16.5 Å². The monoisotopic (exact) mass is 456 g/mol. The number of aliphatic imine (C=N–C) groups is 1. The van der Waals surface area contributed by atoms with E-state index in [1.807, 2.05) is 42.6 Å². The van der Waals surface area contributed by atoms with E-state index in [9.17, 15) is 9.90 Å². The van der Waals surface area contributed by atoms with E-state index in [2.05, 4.69) is 15.3 Å². The van der Waals surface area contributed by atoms with Crippen LogP contribution in [0.5, 0.6) is 5.75 Å². The number of benzene rings is 2. The number of phenolic OH excluding ortho intramolecular Hbond substituents is 1. The van der Waals surface area contributed by atoms with Gasteiger partial charge < -0.3 is 21.6 Å². The van der Waals surface area contributed by atoms with Crippen molar-refractivity contribution in [1.82, 2.24) is 9.97 Å². The summed E-state index contributed by atoms with van der Waals surface area (Å²) in [6.07, 6.45) is 5.51. The lowest BCUT2D eigenvalue weighted by molar-refractivity contribution is -0.552. The molecule has 1 aliphatic rings. The number of nitrogens with two attached hydrogens (primary N) is 2. The number of aromatic nitrogens is 3. The Bertz CT molecular complexity index is 1390. The molecule has 9 nitrogen and oxygen atoms in total. The molecule has 34 heavy (non-hydrogen) atoms. The fourth-order valence-corrected chi connectivity index (χ4v) is 4.32. The van der Waals surface area contributed by atoms with Crippen LogP contribution in [0.25, 0.3) is 22.2 Å². The molecule has 0 amide bonds. The number of nitrogens with one attached hydrogen (secondary N) is 2. The van der Waals surface area contributed by atoms with Crippen LogP contribution < -0.4 is 21.4 Å². The maximum absolute atomic E-state index is 13.4. The molecule has 1 unspecified atom stereocenters. The predicted molar refractivity (Wildman–Crippen MR) is 131 cm³/mol. The normalized spacial score (nSPS) is 14.7. The van der Waals surface area contributed by atoms with Crippen molar-refractivity contribution in [2.45, 2.75) is 25.3 Å². The second-order valence-corrected chi connectivity index (χ2v) is 8.36. The Kier molecular flexibility index (Phi) is 5.59. The molecule has 9 heteroatoms. The third-order valence-corrected chi connectivity index (χ3v) is 5.97. The number of H-pyrrole nitrogens is 1. The van der Waals surface area contributed by atoms with Crippen LogP contribution in [0.15, 0.2) is 65.9 Å². The molecule has 0 radical (unpaired) electrons. The molecule has 0 aliphatic carbocycles. The van der Waals surface area contributed by atoms with Crippen molar-refractivity contribution in [3.05, 3.63) is 72.2 Å². The summed E-state index contributed by atoms with van der Waals surface area (Å²) in [4.78, 5) is 25.7. The number of carbonyl (C=O) groups is 1. The smallest absolute Gasteiger partial charge is 0.359 e. The van der Waals surface area contributed by atoms with Gasteiger partial charge in [0.15, 0.2) is 12.0 Å². The molecule has 2 aromatic heterocycles. The summed E-state index contributed by atoms with van der Waals surface area (Å²) in [5, 5.41) is 14.0. The van der Waals surface area contributed by atoms with E-state index in [4.69, 9.17) is 16.5 Å². The van der Waals surface area contributed by atoms with Crippen molar-refractivity contribution in [3.63, 3.8) is 0 Å². The molecule has 1 atom stereocenters. The number of phenols is 1. The molecular formula is C25H26N7O2+. The summed E-state index contributed by atoms with van der Waals surface area (Å²) in [7, 11) is 0. The topological polar surface area (TPSA) is 146 Å². The summed E-state index contributed by atoms with van der Waals surface area (Å²) in [6, 6.07) is 14.5. The first-order chi connectivity index (χ1) is 16.5. The molecule has 7 N–H and O–H groups in total. The molecule has 2 aromatic carbocycles. The van der Waals surface area contributed by atoms with Gasteiger partial charge in [-0.15, -0.1) is 0 Å². The van der Waals surface area contributed by atoms with Crippen LogP contribution in [0, 0.1) is 0 Å². The molecule has 0 saturated carbocycles. The summed E-state index contributed by atoms with van der Waals surface area (Å²) in [5.41, 5.74) is 15.3. The van der Waals surface area contributed by atoms with E-state index in [-0.39, 0.29) is 17.6 Å². The van der Waals surface area contributed by atoms with Crippen LogP contribution in [0.3, 0.4) is 0 Å². The SMILES string of the molecule is NC(N)=NCCCc1nc(-c2c[nH]c3ccccc23)c[n+]2c1NC(Cc1ccc(O)cc1)C2=O. The minimum absolute atomic E-state index is 0.0444. The number of rotatable bonds is 7. The molecule has 4 aromatic rings. The lowest BCUT2D eigenvalue weighted by atomic mass is 10.1. The van der Waals surface area contributed by atoms with Gasteiger partial charge in [0.1, 0.15) is 23.3 Å². The average molecular weight is 457 g/mol. The number of nitrogens with zero attached hydrogens (tertiary/aromatic N) is 3. The number of hydrogen-bond acceptors (Lipinski definition) is 5. The van der Waals surface area contributed by atoms with Crippen molar-refractivity contribution in [3.8, 4) is 17.0 Å². The van der Waals surface area contributed by atoms with E-state index < -0.39 is 6.04 Å². The minimum Gasteiger partial charge on any atom is -0.508 e. The van der Waals surface area contributed by atoms with Gasteiger partial charge in [0.05, 0.1) is 0 Å². The van der Waals surface area contributed by atoms with Gasteiger partial charge in [-0.25, -0.2) is 9.78 Å². The largest absolute Gasteiger partial charge is 0.508 e. The Morgan fingerprint density at radius 3 is 2.74 bits per heavy atom. The third kappa shape index (κ3) is 4.15. The Morgan fingerprint density at radius 1 is 1.15 bits per heavy atom. The van der Waals surface area contributed by atoms with Gasteiger partial charge in [0, 0.05) is 35.6 Å². The minimum atomic E-state index is -0.430. The van der Waals surface area contributed by atoms with Crippen LogP contribution in [-0.4, -0.2) is 39.5 Å². The van der Waals surface area contributed by atoms with Crippen molar-refractivity contribution in [1.29, 1.82) is 0 Å². The maximum Gasteiger partial charge on any atom is 0.359 e. The first-order valence-electron chi connectivity index (χ1n) is 11.2. The van der Waals surface area contributed by atoms with Crippen molar-refractivity contribution < 1.29 is 14.5 Å². The molecule has 0 spiro atoms. The number of aromatic amines is 1. The highest BCUT2D eigenvalue weighted by molar-refractivity contribution is 5.94. The van der Waals surface area contributed by atoms with Gasteiger partial charge in [-0.05, 0) is 36.6 Å². The summed E-state index contributed by atoms with van der Waals surface area (Å²) in [5.74, 6) is 0.907.